The highest BCUT2D eigenvalue weighted by molar-refractivity contribution is 5.96. The molecular formula is C33H50N8O2. The van der Waals surface area contributed by atoms with E-state index in [1.165, 1.54) is 30.4 Å². The summed E-state index contributed by atoms with van der Waals surface area (Å²) in [5, 5.41) is 6.99. The molecule has 3 rings (SSSR count). The number of hydrogen-bond donors (Lipinski definition) is 4. The number of allylic oxidation sites excluding steroid dienone is 1. The van der Waals surface area contributed by atoms with Gasteiger partial charge in [0.2, 0.25) is 6.41 Å². The van der Waals surface area contributed by atoms with Gasteiger partial charge in [0.1, 0.15) is 5.82 Å². The number of benzene rings is 1. The number of aromatic nitrogens is 2. The van der Waals surface area contributed by atoms with Crippen LogP contribution in [0.25, 0.3) is 0 Å². The summed E-state index contributed by atoms with van der Waals surface area (Å²) in [7, 11) is 5.98. The van der Waals surface area contributed by atoms with Crippen LogP contribution in [-0.2, 0) is 24.1 Å². The van der Waals surface area contributed by atoms with E-state index in [0.717, 1.165) is 61.5 Å². The lowest BCUT2D eigenvalue weighted by molar-refractivity contribution is -0.106. The van der Waals surface area contributed by atoms with Crippen LogP contribution in [0.4, 0.5) is 17.3 Å². The number of carbonyl (C=O) groups is 2. The van der Waals surface area contributed by atoms with Crippen LogP contribution in [0.2, 0.25) is 0 Å². The molecule has 1 aliphatic rings. The molecule has 0 spiro atoms. The Morgan fingerprint density at radius 1 is 1.07 bits per heavy atom. The van der Waals surface area contributed by atoms with Crippen molar-refractivity contribution in [3.8, 4) is 11.8 Å². The molecule has 0 radical (unpaired) electrons. The Hall–Kier alpha value is -4.10. The van der Waals surface area contributed by atoms with Gasteiger partial charge in [0, 0.05) is 25.8 Å². The van der Waals surface area contributed by atoms with Gasteiger partial charge in [0.05, 0.1) is 17.9 Å². The Labute approximate surface area is 257 Å². The first-order valence-corrected chi connectivity index (χ1v) is 15.2. The molecule has 234 valence electrons. The summed E-state index contributed by atoms with van der Waals surface area (Å²) >= 11 is 0. The molecule has 10 heteroatoms. The monoisotopic (exact) mass is 590 g/mol. The first-order valence-electron chi connectivity index (χ1n) is 15.2. The smallest absolute Gasteiger partial charge is 0.271 e. The van der Waals surface area contributed by atoms with E-state index in [-0.39, 0.29) is 12.1 Å². The lowest BCUT2D eigenvalue weighted by Gasteiger charge is -2.25. The fourth-order valence-corrected chi connectivity index (χ4v) is 4.87. The molecule has 2 aromatic rings. The summed E-state index contributed by atoms with van der Waals surface area (Å²) in [4.78, 5) is 34.6. The second kappa shape index (κ2) is 18.4. The number of nitrogens with zero attached hydrogens (tertiary/aromatic N) is 4. The average molecular weight is 591 g/mol. The van der Waals surface area contributed by atoms with Crippen molar-refractivity contribution in [2.24, 2.45) is 11.5 Å². The Kier molecular flexibility index (Phi) is 15.1. The van der Waals surface area contributed by atoms with Gasteiger partial charge >= 0.3 is 0 Å². The van der Waals surface area contributed by atoms with Crippen molar-refractivity contribution in [1.29, 1.82) is 0 Å². The van der Waals surface area contributed by atoms with E-state index >= 15 is 0 Å². The predicted molar refractivity (Wildman–Crippen MR) is 176 cm³/mol. The summed E-state index contributed by atoms with van der Waals surface area (Å²) in [6.07, 6.45) is 9.74. The summed E-state index contributed by atoms with van der Waals surface area (Å²) < 4.78 is 0. The van der Waals surface area contributed by atoms with Crippen molar-refractivity contribution < 1.29 is 9.59 Å². The van der Waals surface area contributed by atoms with Gasteiger partial charge in [0.25, 0.3) is 5.91 Å². The second-order valence-corrected chi connectivity index (χ2v) is 11.1. The average Bonchev–Trinajstić information content (AvgIpc) is 2.98. The number of aryl methyl sites for hydroxylation is 3. The van der Waals surface area contributed by atoms with Gasteiger partial charge in [-0.05, 0) is 81.3 Å². The third-order valence-electron chi connectivity index (χ3n) is 7.33. The third-order valence-corrected chi connectivity index (χ3v) is 7.33. The molecule has 0 unspecified atom stereocenters. The van der Waals surface area contributed by atoms with Crippen LogP contribution in [0.3, 0.4) is 0 Å². The predicted octanol–water partition coefficient (Wildman–Crippen LogP) is 4.23. The molecule has 43 heavy (non-hydrogen) atoms. The summed E-state index contributed by atoms with van der Waals surface area (Å²) in [5.41, 5.74) is 15.0. The van der Waals surface area contributed by atoms with E-state index in [1.807, 2.05) is 25.9 Å². The minimum absolute atomic E-state index is 0.175. The van der Waals surface area contributed by atoms with Crippen molar-refractivity contribution in [3.63, 3.8) is 0 Å². The molecule has 1 saturated carbocycles. The van der Waals surface area contributed by atoms with Crippen LogP contribution in [-0.4, -0.2) is 72.4 Å². The standard InChI is InChI=1S/C32H47N7O.CH3NO/c1-7-24-20-25(15-13-19-39(6)18-12-14-23(3)38(4)5)22-27(21-24)35-32-29(30(33)40)36-28(8-2)31(37-32)34-26-16-10-9-11-17-26;2-1-3/h20-22,26H,3,7-11,13,15-19H2,1-2,4-6H3,(H2,33,40)(H2,34,35,37);1H,(H2,2,3). The van der Waals surface area contributed by atoms with Gasteiger partial charge < -0.3 is 27.0 Å². The number of hydrogen-bond acceptors (Lipinski definition) is 8. The van der Waals surface area contributed by atoms with E-state index in [4.69, 9.17) is 15.5 Å². The van der Waals surface area contributed by atoms with Gasteiger partial charge in [-0.1, -0.05) is 51.7 Å². The number of rotatable bonds is 13. The number of nitrogens with one attached hydrogen (secondary N) is 2. The second-order valence-electron chi connectivity index (χ2n) is 11.1. The molecule has 1 fully saturated rings. The van der Waals surface area contributed by atoms with Crippen LogP contribution in [0.1, 0.15) is 79.7 Å². The van der Waals surface area contributed by atoms with E-state index < -0.39 is 5.91 Å². The van der Waals surface area contributed by atoms with Crippen molar-refractivity contribution in [1.82, 2.24) is 19.8 Å². The van der Waals surface area contributed by atoms with Crippen LogP contribution >= 0.6 is 0 Å². The van der Waals surface area contributed by atoms with Gasteiger partial charge in [-0.2, -0.15) is 0 Å². The zero-order valence-corrected chi connectivity index (χ0v) is 26.6. The molecule has 10 nitrogen and oxygen atoms in total. The molecule has 0 atom stereocenters. The zero-order chi connectivity index (χ0) is 31.8. The van der Waals surface area contributed by atoms with Gasteiger partial charge in [-0.25, -0.2) is 9.97 Å². The van der Waals surface area contributed by atoms with Crippen molar-refractivity contribution >= 4 is 29.6 Å². The molecule has 6 N–H and O–H groups in total. The van der Waals surface area contributed by atoms with Crippen LogP contribution in [0.15, 0.2) is 30.5 Å². The summed E-state index contributed by atoms with van der Waals surface area (Å²) in [6.45, 7) is 9.76. The summed E-state index contributed by atoms with van der Waals surface area (Å²) in [5.74, 6) is 6.85. The number of carbonyl (C=O) groups excluding carboxylic acids is 2. The molecule has 0 saturated heterocycles. The fourth-order valence-electron chi connectivity index (χ4n) is 4.87. The highest BCUT2D eigenvalue weighted by Gasteiger charge is 2.20. The van der Waals surface area contributed by atoms with E-state index in [0.29, 0.717) is 24.8 Å². The minimum Gasteiger partial charge on any atom is -0.372 e. The number of primary amides is 2. The molecule has 2 amide bonds. The quantitative estimate of drug-likeness (QED) is 0.201. The van der Waals surface area contributed by atoms with E-state index in [9.17, 15) is 4.79 Å². The van der Waals surface area contributed by atoms with Gasteiger partial charge in [-0.15, -0.1) is 0 Å². The Morgan fingerprint density at radius 3 is 2.35 bits per heavy atom. The van der Waals surface area contributed by atoms with Crippen molar-refractivity contribution in [3.05, 3.63) is 53.0 Å². The Bertz CT molecular complexity index is 1280. The SMILES string of the molecule is C=C(C#CCN(C)CCCc1cc(CC)cc(Nc2nc(NC3CCCCC3)c(CC)nc2C(N)=O)c1)N(C)C.NC=O. The molecule has 0 bridgehead atoms. The first kappa shape index (κ1) is 35.1. The molecule has 1 aromatic heterocycles. The van der Waals surface area contributed by atoms with E-state index in [1.54, 1.807) is 0 Å². The van der Waals surface area contributed by atoms with Crippen molar-refractivity contribution in [2.75, 3.05) is 44.9 Å². The topological polar surface area (TPSA) is 142 Å². The molecule has 1 heterocycles. The third kappa shape index (κ3) is 12.0. The van der Waals surface area contributed by atoms with E-state index in [2.05, 4.69) is 76.8 Å². The number of amides is 2. The Morgan fingerprint density at radius 2 is 1.74 bits per heavy atom. The van der Waals surface area contributed by atoms with Gasteiger partial charge in [0.15, 0.2) is 11.5 Å². The van der Waals surface area contributed by atoms with Crippen LogP contribution in [0, 0.1) is 11.8 Å². The fraction of sp³-hybridized carbons (Fsp3) is 0.515. The van der Waals surface area contributed by atoms with Crippen molar-refractivity contribution in [2.45, 2.75) is 77.7 Å². The minimum atomic E-state index is -0.582. The summed E-state index contributed by atoms with van der Waals surface area (Å²) in [6, 6.07) is 6.88. The normalized spacial score (nSPS) is 12.8. The maximum Gasteiger partial charge on any atom is 0.271 e. The maximum atomic E-state index is 12.4. The highest BCUT2D eigenvalue weighted by Crippen LogP contribution is 2.27. The molecular weight excluding hydrogens is 540 g/mol. The Balaban J connectivity index is 0.00000206. The molecule has 0 aliphatic heterocycles. The molecule has 1 aromatic carbocycles. The lowest BCUT2D eigenvalue weighted by atomic mass is 9.95. The highest BCUT2D eigenvalue weighted by atomic mass is 16.1. The largest absolute Gasteiger partial charge is 0.372 e. The number of anilines is 3. The van der Waals surface area contributed by atoms with Crippen LogP contribution < -0.4 is 22.1 Å². The lowest BCUT2D eigenvalue weighted by Crippen LogP contribution is -2.25. The number of nitrogens with two attached hydrogens (primary N) is 2. The first-order chi connectivity index (χ1) is 20.6. The van der Waals surface area contributed by atoms with Crippen LogP contribution in [0.5, 0.6) is 0 Å². The molecule has 1 aliphatic carbocycles. The zero-order valence-electron chi connectivity index (χ0n) is 26.6. The van der Waals surface area contributed by atoms with Gasteiger partial charge in [-0.3, -0.25) is 14.5 Å². The maximum absolute atomic E-state index is 12.4.